The van der Waals surface area contributed by atoms with Crippen molar-refractivity contribution in [3.8, 4) is 5.75 Å². The van der Waals surface area contributed by atoms with Crippen molar-refractivity contribution in [2.45, 2.75) is 37.2 Å². The fraction of sp³-hybridized carbons (Fsp3) is 0.364. The number of sulfonamides is 1. The molecule has 0 spiro atoms. The summed E-state index contributed by atoms with van der Waals surface area (Å²) in [7, 11) is -2.68. The van der Waals surface area contributed by atoms with Crippen LogP contribution in [0, 0.1) is 5.92 Å². The van der Waals surface area contributed by atoms with E-state index in [1.165, 1.54) is 19.2 Å². The first-order valence-corrected chi connectivity index (χ1v) is 11.9. The molecule has 1 aliphatic rings. The molecule has 32 heavy (non-hydrogen) atoms. The molecule has 0 bridgehead atoms. The van der Waals surface area contributed by atoms with Crippen molar-refractivity contribution < 1.29 is 27.5 Å². The second kappa shape index (κ2) is 10.3. The lowest BCUT2D eigenvalue weighted by Gasteiger charge is -2.14. The van der Waals surface area contributed by atoms with Crippen molar-refractivity contribution in [3.63, 3.8) is 0 Å². The van der Waals surface area contributed by atoms with Crippen molar-refractivity contribution in [1.82, 2.24) is 10.0 Å². The van der Waals surface area contributed by atoms with Gasteiger partial charge in [-0.2, -0.15) is 0 Å². The first-order valence-electron chi connectivity index (χ1n) is 10.1. The molecule has 2 aromatic rings. The number of hydrogen-bond acceptors (Lipinski definition) is 6. The fourth-order valence-electron chi connectivity index (χ4n) is 3.10. The number of esters is 1. The van der Waals surface area contributed by atoms with E-state index in [9.17, 15) is 18.0 Å². The van der Waals surface area contributed by atoms with E-state index < -0.39 is 28.5 Å². The summed E-state index contributed by atoms with van der Waals surface area (Å²) in [6.07, 6.45) is 2.16. The molecule has 1 atom stereocenters. The van der Waals surface area contributed by atoms with Crippen LogP contribution < -0.4 is 14.8 Å². The van der Waals surface area contributed by atoms with Crippen LogP contribution >= 0.6 is 11.6 Å². The van der Waals surface area contributed by atoms with Crippen LogP contribution in [0.4, 0.5) is 0 Å². The molecule has 0 aliphatic heterocycles. The number of ether oxygens (including phenoxy) is 2. The fourth-order valence-corrected chi connectivity index (χ4v) is 4.43. The Bertz CT molecular complexity index is 1080. The van der Waals surface area contributed by atoms with Crippen LogP contribution in [0.1, 0.15) is 35.7 Å². The Kier molecular flexibility index (Phi) is 7.76. The van der Waals surface area contributed by atoms with Gasteiger partial charge in [0.25, 0.3) is 5.91 Å². The molecule has 1 saturated carbocycles. The van der Waals surface area contributed by atoms with Gasteiger partial charge in [0.05, 0.1) is 12.7 Å². The zero-order valence-electron chi connectivity index (χ0n) is 17.8. The van der Waals surface area contributed by atoms with Gasteiger partial charge in [-0.1, -0.05) is 23.7 Å². The number of methoxy groups -OCH3 is 1. The Morgan fingerprint density at radius 2 is 1.84 bits per heavy atom. The number of hydrogen-bond donors (Lipinski definition) is 2. The smallest absolute Gasteiger partial charge is 0.338 e. The summed E-state index contributed by atoms with van der Waals surface area (Å²) in [5.41, 5.74) is 0.694. The minimum absolute atomic E-state index is 0.0132. The molecule has 3 rings (SSSR count). The van der Waals surface area contributed by atoms with E-state index in [2.05, 4.69) is 10.0 Å². The van der Waals surface area contributed by atoms with Crippen molar-refractivity contribution in [1.29, 1.82) is 0 Å². The zero-order valence-corrected chi connectivity index (χ0v) is 19.3. The SMILES string of the molecule is COc1ccc(C(=O)OCC(=O)NC(C)C2CC2)cc1S(=O)(=O)NCc1ccc(Cl)cc1. The van der Waals surface area contributed by atoms with Crippen molar-refractivity contribution >= 4 is 33.5 Å². The van der Waals surface area contributed by atoms with Gasteiger partial charge in [-0.05, 0) is 61.6 Å². The molecule has 1 fully saturated rings. The van der Waals surface area contributed by atoms with Gasteiger partial charge < -0.3 is 14.8 Å². The van der Waals surface area contributed by atoms with Crippen molar-refractivity contribution in [2.24, 2.45) is 5.92 Å². The van der Waals surface area contributed by atoms with Crippen LogP contribution in [0.25, 0.3) is 0 Å². The molecule has 172 valence electrons. The normalized spacial score (nSPS) is 14.5. The number of amides is 1. The highest BCUT2D eigenvalue weighted by Gasteiger charge is 2.29. The van der Waals surface area contributed by atoms with Crippen LogP contribution in [-0.2, 0) is 26.1 Å². The second-order valence-corrected chi connectivity index (χ2v) is 9.76. The van der Waals surface area contributed by atoms with E-state index in [0.29, 0.717) is 16.5 Å². The molecule has 2 aromatic carbocycles. The van der Waals surface area contributed by atoms with Crippen molar-refractivity contribution in [2.75, 3.05) is 13.7 Å². The molecule has 0 heterocycles. The Balaban J connectivity index is 1.67. The lowest BCUT2D eigenvalue weighted by atomic mass is 10.2. The molecule has 0 radical (unpaired) electrons. The van der Waals surface area contributed by atoms with Gasteiger partial charge >= 0.3 is 5.97 Å². The number of rotatable bonds is 10. The number of carbonyl (C=O) groups is 2. The van der Waals surface area contributed by atoms with Crippen molar-refractivity contribution in [3.05, 3.63) is 58.6 Å². The van der Waals surface area contributed by atoms with Crippen LogP contribution in [0.5, 0.6) is 5.75 Å². The highest BCUT2D eigenvalue weighted by atomic mass is 35.5. The molecule has 10 heteroatoms. The minimum Gasteiger partial charge on any atom is -0.495 e. The summed E-state index contributed by atoms with van der Waals surface area (Å²) >= 11 is 5.85. The summed E-state index contributed by atoms with van der Waals surface area (Å²) in [6, 6.07) is 10.7. The first-order chi connectivity index (χ1) is 15.2. The number of halogens is 1. The molecular weight excluding hydrogens is 456 g/mol. The summed E-state index contributed by atoms with van der Waals surface area (Å²) in [5, 5.41) is 3.33. The molecule has 1 unspecified atom stereocenters. The largest absolute Gasteiger partial charge is 0.495 e. The maximum absolute atomic E-state index is 12.9. The quantitative estimate of drug-likeness (QED) is 0.506. The number of benzene rings is 2. The van der Waals surface area contributed by atoms with Crippen LogP contribution in [0.15, 0.2) is 47.4 Å². The van der Waals surface area contributed by atoms with Gasteiger partial charge in [0.15, 0.2) is 6.61 Å². The van der Waals surface area contributed by atoms with Gasteiger partial charge in [-0.3, -0.25) is 4.79 Å². The third-order valence-electron chi connectivity index (χ3n) is 5.12. The molecule has 8 nitrogen and oxygen atoms in total. The lowest BCUT2D eigenvalue weighted by Crippen LogP contribution is -2.37. The van der Waals surface area contributed by atoms with Gasteiger partial charge in [0.1, 0.15) is 10.6 Å². The molecule has 1 amide bonds. The zero-order chi connectivity index (χ0) is 23.3. The monoisotopic (exact) mass is 480 g/mol. The van der Waals surface area contributed by atoms with E-state index in [1.54, 1.807) is 24.3 Å². The molecule has 0 aromatic heterocycles. The Morgan fingerprint density at radius 3 is 2.47 bits per heavy atom. The average molecular weight is 481 g/mol. The average Bonchev–Trinajstić information content (AvgIpc) is 3.62. The highest BCUT2D eigenvalue weighted by Crippen LogP contribution is 2.32. The van der Waals surface area contributed by atoms with Crippen LogP contribution in [0.2, 0.25) is 5.02 Å². The maximum atomic E-state index is 12.9. The van der Waals surface area contributed by atoms with E-state index in [1.807, 2.05) is 6.92 Å². The molecular formula is C22H25ClN2O6S. The number of nitrogens with one attached hydrogen (secondary N) is 2. The third kappa shape index (κ3) is 6.44. The summed E-state index contributed by atoms with van der Waals surface area (Å²) in [5.74, 6) is -0.662. The predicted molar refractivity (Wildman–Crippen MR) is 119 cm³/mol. The predicted octanol–water partition coefficient (Wildman–Crippen LogP) is 2.90. The number of carbonyl (C=O) groups excluding carboxylic acids is 2. The van der Waals surface area contributed by atoms with Gasteiger partial charge in [-0.15, -0.1) is 0 Å². The summed E-state index contributed by atoms with van der Waals surface area (Å²) in [4.78, 5) is 24.2. The van der Waals surface area contributed by atoms with E-state index >= 15 is 0 Å². The van der Waals surface area contributed by atoms with E-state index in [-0.39, 0.29) is 28.8 Å². The lowest BCUT2D eigenvalue weighted by molar-refractivity contribution is -0.124. The Morgan fingerprint density at radius 1 is 1.16 bits per heavy atom. The van der Waals surface area contributed by atoms with Gasteiger partial charge in [-0.25, -0.2) is 17.9 Å². The van der Waals surface area contributed by atoms with Gasteiger partial charge in [0, 0.05) is 17.6 Å². The second-order valence-electron chi connectivity index (χ2n) is 7.59. The van der Waals surface area contributed by atoms with E-state index in [0.717, 1.165) is 18.9 Å². The topological polar surface area (TPSA) is 111 Å². The highest BCUT2D eigenvalue weighted by molar-refractivity contribution is 7.89. The molecule has 2 N–H and O–H groups in total. The minimum atomic E-state index is -4.01. The molecule has 0 saturated heterocycles. The maximum Gasteiger partial charge on any atom is 0.338 e. The molecule has 1 aliphatic carbocycles. The van der Waals surface area contributed by atoms with E-state index in [4.69, 9.17) is 21.1 Å². The Labute approximate surface area is 192 Å². The summed E-state index contributed by atoms with van der Waals surface area (Å²) in [6.45, 7) is 1.49. The van der Waals surface area contributed by atoms with Gasteiger partial charge in [0.2, 0.25) is 10.0 Å². The third-order valence-corrected chi connectivity index (χ3v) is 6.79. The van der Waals surface area contributed by atoms with Crippen LogP contribution in [-0.4, -0.2) is 40.1 Å². The first kappa shape index (κ1) is 24.0. The standard InChI is InChI=1S/C22H25ClN2O6S/c1-14(16-5-6-16)25-21(26)13-31-22(27)17-7-10-19(30-2)20(11-17)32(28,29)24-12-15-3-8-18(23)9-4-15/h3-4,7-11,14,16,24H,5-6,12-13H2,1-2H3,(H,25,26). The Hall–Kier alpha value is -2.62. The summed E-state index contributed by atoms with van der Waals surface area (Å²) < 4.78 is 38.4. The van der Waals surface area contributed by atoms with Crippen LogP contribution in [0.3, 0.4) is 0 Å².